The molecule has 0 bridgehead atoms. The smallest absolute Gasteiger partial charge is 0.333 e. The van der Waals surface area contributed by atoms with Crippen LogP contribution in [0.15, 0.2) is 60.7 Å². The lowest BCUT2D eigenvalue weighted by Crippen LogP contribution is -2.35. The van der Waals surface area contributed by atoms with Crippen molar-refractivity contribution in [3.8, 4) is 0 Å². The summed E-state index contributed by atoms with van der Waals surface area (Å²) in [6, 6.07) is 16.7. The van der Waals surface area contributed by atoms with Crippen molar-refractivity contribution in [3.05, 3.63) is 71.8 Å². The summed E-state index contributed by atoms with van der Waals surface area (Å²) < 4.78 is 0. The van der Waals surface area contributed by atoms with Gasteiger partial charge in [-0.15, -0.1) is 0 Å². The van der Waals surface area contributed by atoms with Gasteiger partial charge in [-0.05, 0) is 11.1 Å². The fourth-order valence-corrected chi connectivity index (χ4v) is 2.55. The van der Waals surface area contributed by atoms with Crippen LogP contribution in [0.4, 0.5) is 0 Å². The fourth-order valence-electron chi connectivity index (χ4n) is 2.55. The van der Waals surface area contributed by atoms with Crippen molar-refractivity contribution in [1.82, 2.24) is 0 Å². The Morgan fingerprint density at radius 3 is 1.59 bits per heavy atom. The number of rotatable bonds is 6. The molecule has 0 aliphatic rings. The number of hydrogen-bond donors (Lipinski definition) is 3. The van der Waals surface area contributed by atoms with Crippen LogP contribution < -0.4 is 0 Å². The molecule has 3 N–H and O–H groups in total. The first kappa shape index (κ1) is 15.7. The van der Waals surface area contributed by atoms with Crippen molar-refractivity contribution in [2.24, 2.45) is 0 Å². The summed E-state index contributed by atoms with van der Waals surface area (Å²) in [5.74, 6) is -4.87. The molecule has 2 rings (SSSR count). The number of carboxylic acids is 2. The van der Waals surface area contributed by atoms with Crippen LogP contribution >= 0.6 is 0 Å². The van der Waals surface area contributed by atoms with E-state index in [1.165, 1.54) is 0 Å². The Balaban J connectivity index is 2.55. The maximum atomic E-state index is 11.7. The van der Waals surface area contributed by atoms with Crippen molar-refractivity contribution < 1.29 is 24.9 Å². The third-order valence-corrected chi connectivity index (χ3v) is 3.56. The number of benzene rings is 2. The topological polar surface area (TPSA) is 94.8 Å². The minimum absolute atomic E-state index is 0.448. The Labute approximate surface area is 127 Å². The molecule has 0 aromatic heterocycles. The zero-order valence-corrected chi connectivity index (χ0v) is 11.7. The second-order valence-electron chi connectivity index (χ2n) is 4.95. The molecule has 0 saturated carbocycles. The molecule has 5 heteroatoms. The number of carboxylic acid groups (broad SMARTS) is 2. The van der Waals surface area contributed by atoms with Crippen LogP contribution in [0.3, 0.4) is 0 Å². The summed E-state index contributed by atoms with van der Waals surface area (Å²) in [5.41, 5.74) is 0.915. The molecular weight excluding hydrogens is 284 g/mol. The fraction of sp³-hybridized carbons (Fsp3) is 0.176. The summed E-state index contributed by atoms with van der Waals surface area (Å²) in [6.07, 6.45) is -1.82. The second-order valence-corrected chi connectivity index (χ2v) is 4.95. The average molecular weight is 300 g/mol. The number of hydrogen-bond acceptors (Lipinski definition) is 3. The molecule has 5 nitrogen and oxygen atoms in total. The van der Waals surface area contributed by atoms with Crippen molar-refractivity contribution in [3.63, 3.8) is 0 Å². The van der Waals surface area contributed by atoms with Crippen LogP contribution in [0.25, 0.3) is 0 Å². The Morgan fingerprint density at radius 1 is 0.727 bits per heavy atom. The molecular formula is C17H16O5. The van der Waals surface area contributed by atoms with E-state index < -0.39 is 29.9 Å². The zero-order chi connectivity index (χ0) is 16.1. The molecule has 0 amide bonds. The molecule has 2 aromatic rings. The predicted octanol–water partition coefficient (Wildman–Crippen LogP) is 2.08. The Morgan fingerprint density at radius 2 is 1.18 bits per heavy atom. The molecule has 0 radical (unpaired) electrons. The predicted molar refractivity (Wildman–Crippen MR) is 79.6 cm³/mol. The quantitative estimate of drug-likeness (QED) is 0.759. The van der Waals surface area contributed by atoms with Crippen LogP contribution in [0.1, 0.15) is 23.0 Å². The van der Waals surface area contributed by atoms with Crippen molar-refractivity contribution >= 4 is 11.9 Å². The molecule has 0 aliphatic heterocycles. The monoisotopic (exact) mass is 300 g/mol. The van der Waals surface area contributed by atoms with E-state index in [-0.39, 0.29) is 0 Å². The normalized spacial score (nSPS) is 14.8. The molecule has 2 aromatic carbocycles. The standard InChI is InChI=1S/C17H16O5/c18-15(17(21)22)13(11-7-3-1-4-8-11)14(16(19)20)12-9-5-2-6-10-12/h1-10,13-15,18H,(H,19,20)(H,21,22). The van der Waals surface area contributed by atoms with Gasteiger partial charge in [-0.2, -0.15) is 0 Å². The Bertz CT molecular complexity index is 639. The van der Waals surface area contributed by atoms with Gasteiger partial charge >= 0.3 is 11.9 Å². The van der Waals surface area contributed by atoms with E-state index in [0.717, 1.165) is 0 Å². The zero-order valence-electron chi connectivity index (χ0n) is 11.7. The third-order valence-electron chi connectivity index (χ3n) is 3.56. The van der Waals surface area contributed by atoms with Crippen molar-refractivity contribution in [1.29, 1.82) is 0 Å². The first-order valence-electron chi connectivity index (χ1n) is 6.76. The summed E-state index contributed by atoms with van der Waals surface area (Å²) in [4.78, 5) is 23.0. The SMILES string of the molecule is O=C(O)C(O)C(c1ccccc1)C(C(=O)O)c1ccccc1. The highest BCUT2D eigenvalue weighted by Crippen LogP contribution is 2.36. The molecule has 0 aliphatic carbocycles. The van der Waals surface area contributed by atoms with Gasteiger partial charge in [0.15, 0.2) is 6.10 Å². The van der Waals surface area contributed by atoms with Gasteiger partial charge in [0.25, 0.3) is 0 Å². The molecule has 114 valence electrons. The van der Waals surface area contributed by atoms with Crippen LogP contribution in [0, 0.1) is 0 Å². The number of aliphatic hydroxyl groups is 1. The lowest BCUT2D eigenvalue weighted by Gasteiger charge is -2.27. The Hall–Kier alpha value is -2.66. The van der Waals surface area contributed by atoms with Crippen LogP contribution in [-0.2, 0) is 9.59 Å². The highest BCUT2D eigenvalue weighted by atomic mass is 16.4. The molecule has 0 fully saturated rings. The average Bonchev–Trinajstić information content (AvgIpc) is 2.53. The molecule has 0 heterocycles. The molecule has 3 atom stereocenters. The maximum Gasteiger partial charge on any atom is 0.333 e. The first-order chi connectivity index (χ1) is 10.5. The largest absolute Gasteiger partial charge is 0.481 e. The van der Waals surface area contributed by atoms with Gasteiger partial charge in [0.1, 0.15) is 0 Å². The summed E-state index contributed by atoms with van der Waals surface area (Å²) >= 11 is 0. The minimum atomic E-state index is -1.82. The molecule has 3 unspecified atom stereocenters. The molecule has 0 saturated heterocycles. The van der Waals surface area contributed by atoms with Crippen LogP contribution in [-0.4, -0.2) is 33.4 Å². The second kappa shape index (κ2) is 6.87. The third kappa shape index (κ3) is 3.32. The first-order valence-corrected chi connectivity index (χ1v) is 6.76. The van der Waals surface area contributed by atoms with Crippen LogP contribution in [0.5, 0.6) is 0 Å². The van der Waals surface area contributed by atoms with E-state index >= 15 is 0 Å². The number of aliphatic carboxylic acids is 2. The summed E-state index contributed by atoms with van der Waals surface area (Å²) in [6.45, 7) is 0. The van der Waals surface area contributed by atoms with Gasteiger partial charge in [-0.25, -0.2) is 4.79 Å². The van der Waals surface area contributed by atoms with E-state index in [2.05, 4.69) is 0 Å². The lowest BCUT2D eigenvalue weighted by atomic mass is 9.78. The Kier molecular flexibility index (Phi) is 4.91. The highest BCUT2D eigenvalue weighted by molar-refractivity contribution is 5.81. The number of carbonyl (C=O) groups is 2. The van der Waals surface area contributed by atoms with E-state index in [9.17, 15) is 19.8 Å². The van der Waals surface area contributed by atoms with Crippen LogP contribution in [0.2, 0.25) is 0 Å². The summed E-state index contributed by atoms with van der Waals surface area (Å²) in [7, 11) is 0. The van der Waals surface area contributed by atoms with Gasteiger partial charge < -0.3 is 15.3 Å². The van der Waals surface area contributed by atoms with Gasteiger partial charge in [-0.3, -0.25) is 4.79 Å². The van der Waals surface area contributed by atoms with Gasteiger partial charge in [0, 0.05) is 5.92 Å². The van der Waals surface area contributed by atoms with Gasteiger partial charge in [0.2, 0.25) is 0 Å². The lowest BCUT2D eigenvalue weighted by molar-refractivity contribution is -0.150. The number of aliphatic hydroxyl groups excluding tert-OH is 1. The maximum absolute atomic E-state index is 11.7. The molecule has 22 heavy (non-hydrogen) atoms. The van der Waals surface area contributed by atoms with Gasteiger partial charge in [0.05, 0.1) is 5.92 Å². The minimum Gasteiger partial charge on any atom is -0.481 e. The molecule has 0 spiro atoms. The summed E-state index contributed by atoms with van der Waals surface area (Å²) in [5, 5.41) is 28.8. The van der Waals surface area contributed by atoms with Gasteiger partial charge in [-0.1, -0.05) is 60.7 Å². The van der Waals surface area contributed by atoms with Crippen molar-refractivity contribution in [2.45, 2.75) is 17.9 Å². The highest BCUT2D eigenvalue weighted by Gasteiger charge is 2.39. The van der Waals surface area contributed by atoms with E-state index in [1.54, 1.807) is 60.7 Å². The van der Waals surface area contributed by atoms with E-state index in [1.807, 2.05) is 0 Å². The van der Waals surface area contributed by atoms with Crippen molar-refractivity contribution in [2.75, 3.05) is 0 Å². The van der Waals surface area contributed by atoms with E-state index in [4.69, 9.17) is 5.11 Å². The van der Waals surface area contributed by atoms with E-state index in [0.29, 0.717) is 11.1 Å².